The molecule has 0 aliphatic carbocycles. The highest BCUT2D eigenvalue weighted by molar-refractivity contribution is 5.72. The van der Waals surface area contributed by atoms with Gasteiger partial charge in [0.15, 0.2) is 0 Å². The Hall–Kier alpha value is -2.21. The number of likely N-dealkylation sites (tertiary alicyclic amines) is 1. The first-order valence-electron chi connectivity index (χ1n) is 9.20. The van der Waals surface area contributed by atoms with Gasteiger partial charge >= 0.3 is 0 Å². The van der Waals surface area contributed by atoms with Gasteiger partial charge < -0.3 is 14.8 Å². The molecule has 6 heteroatoms. The van der Waals surface area contributed by atoms with Gasteiger partial charge in [0, 0.05) is 51.4 Å². The van der Waals surface area contributed by atoms with E-state index in [1.165, 1.54) is 11.8 Å². The standard InChI is InChI=1S/C20H27FN4O/c1-15(26)23-10-17-12-25(13-19(17)20-11-22-14-24(20)2)8-4-6-16-5-3-7-18(21)9-16/h3,5,7,9,11,14,17,19H,4,6,8,10,12-13H2,1-2H3,(H,23,26)/t17-,19-/m1/s1. The third-order valence-electron chi connectivity index (χ3n) is 5.19. The Morgan fingerprint density at radius 2 is 2.23 bits per heavy atom. The maximum atomic E-state index is 13.3. The molecule has 0 bridgehead atoms. The molecule has 1 amide bonds. The van der Waals surface area contributed by atoms with Crippen molar-refractivity contribution in [1.82, 2.24) is 19.8 Å². The third kappa shape index (κ3) is 4.69. The highest BCUT2D eigenvalue weighted by atomic mass is 19.1. The topological polar surface area (TPSA) is 50.2 Å². The molecule has 26 heavy (non-hydrogen) atoms. The van der Waals surface area contributed by atoms with Crippen molar-refractivity contribution in [2.45, 2.75) is 25.7 Å². The third-order valence-corrected chi connectivity index (χ3v) is 5.19. The molecule has 3 rings (SSSR count). The largest absolute Gasteiger partial charge is 0.356 e. The summed E-state index contributed by atoms with van der Waals surface area (Å²) in [4.78, 5) is 18.0. The number of rotatable bonds is 7. The normalized spacial score (nSPS) is 20.4. The molecule has 1 aliphatic heterocycles. The number of hydrogen-bond acceptors (Lipinski definition) is 3. The Morgan fingerprint density at radius 1 is 1.38 bits per heavy atom. The summed E-state index contributed by atoms with van der Waals surface area (Å²) in [7, 11) is 2.02. The Kier molecular flexibility index (Phi) is 6.04. The Labute approximate surface area is 154 Å². The number of halogens is 1. The van der Waals surface area contributed by atoms with E-state index < -0.39 is 0 Å². The van der Waals surface area contributed by atoms with Crippen LogP contribution in [-0.4, -0.2) is 46.5 Å². The van der Waals surface area contributed by atoms with Gasteiger partial charge in [0.1, 0.15) is 5.82 Å². The summed E-state index contributed by atoms with van der Waals surface area (Å²) >= 11 is 0. The molecule has 1 aromatic carbocycles. The smallest absolute Gasteiger partial charge is 0.216 e. The van der Waals surface area contributed by atoms with E-state index in [2.05, 4.69) is 19.8 Å². The molecule has 0 spiro atoms. The lowest BCUT2D eigenvalue weighted by Gasteiger charge is -2.18. The number of imidazole rings is 1. The molecule has 0 saturated carbocycles. The summed E-state index contributed by atoms with van der Waals surface area (Å²) < 4.78 is 15.4. The number of aromatic nitrogens is 2. The van der Waals surface area contributed by atoms with Crippen LogP contribution in [0, 0.1) is 11.7 Å². The van der Waals surface area contributed by atoms with E-state index in [9.17, 15) is 9.18 Å². The van der Waals surface area contributed by atoms with Gasteiger partial charge in [0.25, 0.3) is 0 Å². The predicted molar refractivity (Wildman–Crippen MR) is 99.3 cm³/mol. The maximum absolute atomic E-state index is 13.3. The van der Waals surface area contributed by atoms with Crippen LogP contribution >= 0.6 is 0 Å². The first-order chi connectivity index (χ1) is 12.5. The van der Waals surface area contributed by atoms with E-state index in [1.54, 1.807) is 19.1 Å². The number of aryl methyl sites for hydroxylation is 2. The van der Waals surface area contributed by atoms with Gasteiger partial charge in [-0.25, -0.2) is 9.37 Å². The van der Waals surface area contributed by atoms with E-state index in [4.69, 9.17) is 0 Å². The number of benzene rings is 1. The zero-order valence-electron chi connectivity index (χ0n) is 15.5. The summed E-state index contributed by atoms with van der Waals surface area (Å²) in [5, 5.41) is 2.97. The van der Waals surface area contributed by atoms with Crippen LogP contribution in [0.25, 0.3) is 0 Å². The fourth-order valence-corrected chi connectivity index (χ4v) is 3.88. The van der Waals surface area contributed by atoms with Crippen LogP contribution in [0.3, 0.4) is 0 Å². The number of nitrogens with one attached hydrogen (secondary N) is 1. The van der Waals surface area contributed by atoms with Crippen LogP contribution in [0.15, 0.2) is 36.8 Å². The van der Waals surface area contributed by atoms with Crippen molar-refractivity contribution in [1.29, 1.82) is 0 Å². The number of nitrogens with zero attached hydrogens (tertiary/aromatic N) is 3. The predicted octanol–water partition coefficient (Wildman–Crippen LogP) is 2.34. The fraction of sp³-hybridized carbons (Fsp3) is 0.500. The average molecular weight is 358 g/mol. The lowest BCUT2D eigenvalue weighted by Crippen LogP contribution is -2.31. The molecule has 140 valence electrons. The molecule has 1 N–H and O–H groups in total. The first-order valence-corrected chi connectivity index (χ1v) is 9.20. The Morgan fingerprint density at radius 3 is 2.92 bits per heavy atom. The lowest BCUT2D eigenvalue weighted by atomic mass is 9.93. The molecule has 5 nitrogen and oxygen atoms in total. The Bertz CT molecular complexity index is 745. The average Bonchev–Trinajstić information content (AvgIpc) is 3.19. The fourth-order valence-electron chi connectivity index (χ4n) is 3.88. The molecule has 2 aromatic rings. The van der Waals surface area contributed by atoms with Crippen molar-refractivity contribution in [3.63, 3.8) is 0 Å². The van der Waals surface area contributed by atoms with Crippen LogP contribution in [0.1, 0.15) is 30.5 Å². The molecule has 1 saturated heterocycles. The zero-order valence-corrected chi connectivity index (χ0v) is 15.5. The zero-order chi connectivity index (χ0) is 18.5. The monoisotopic (exact) mass is 358 g/mol. The summed E-state index contributed by atoms with van der Waals surface area (Å²) in [5.41, 5.74) is 2.26. The number of carbonyl (C=O) groups is 1. The second-order valence-corrected chi connectivity index (χ2v) is 7.23. The summed E-state index contributed by atoms with van der Waals surface area (Å²) in [6, 6.07) is 6.84. The van der Waals surface area contributed by atoms with Crippen LogP contribution in [0.2, 0.25) is 0 Å². The minimum absolute atomic E-state index is 0.0123. The minimum atomic E-state index is -0.171. The van der Waals surface area contributed by atoms with Crippen LogP contribution < -0.4 is 5.32 Å². The van der Waals surface area contributed by atoms with E-state index in [1.807, 2.05) is 25.6 Å². The molecular weight excluding hydrogens is 331 g/mol. The second-order valence-electron chi connectivity index (χ2n) is 7.23. The van der Waals surface area contributed by atoms with E-state index in [0.29, 0.717) is 18.4 Å². The van der Waals surface area contributed by atoms with Gasteiger partial charge in [0.05, 0.1) is 6.33 Å². The van der Waals surface area contributed by atoms with Gasteiger partial charge in [-0.05, 0) is 43.0 Å². The van der Waals surface area contributed by atoms with Gasteiger partial charge in [-0.3, -0.25) is 4.79 Å². The quantitative estimate of drug-likeness (QED) is 0.827. The van der Waals surface area contributed by atoms with Gasteiger partial charge in [-0.2, -0.15) is 0 Å². The van der Waals surface area contributed by atoms with Crippen LogP contribution in [-0.2, 0) is 18.3 Å². The van der Waals surface area contributed by atoms with E-state index in [0.717, 1.165) is 38.0 Å². The minimum Gasteiger partial charge on any atom is -0.356 e. The maximum Gasteiger partial charge on any atom is 0.216 e. The Balaban J connectivity index is 1.58. The number of amides is 1. The molecule has 2 atom stereocenters. The highest BCUT2D eigenvalue weighted by Crippen LogP contribution is 2.32. The SMILES string of the molecule is CC(=O)NC[C@@H]1CN(CCCc2cccc(F)c2)C[C@H]1c1cncn1C. The molecule has 0 unspecified atom stereocenters. The van der Waals surface area contributed by atoms with Crippen molar-refractivity contribution in [3.05, 3.63) is 53.9 Å². The van der Waals surface area contributed by atoms with Gasteiger partial charge in [-0.1, -0.05) is 12.1 Å². The molecule has 2 heterocycles. The first kappa shape index (κ1) is 18.6. The summed E-state index contributed by atoms with van der Waals surface area (Å²) in [6.45, 7) is 5.14. The molecule has 1 aromatic heterocycles. The van der Waals surface area contributed by atoms with Crippen LogP contribution in [0.5, 0.6) is 0 Å². The van der Waals surface area contributed by atoms with Crippen molar-refractivity contribution >= 4 is 5.91 Å². The molecule has 1 aliphatic rings. The molecule has 0 radical (unpaired) electrons. The molecular formula is C20H27FN4O. The van der Waals surface area contributed by atoms with Gasteiger partial charge in [0.2, 0.25) is 5.91 Å². The van der Waals surface area contributed by atoms with Gasteiger partial charge in [-0.15, -0.1) is 0 Å². The summed E-state index contributed by atoms with van der Waals surface area (Å²) in [6.07, 6.45) is 5.63. The van der Waals surface area contributed by atoms with Crippen molar-refractivity contribution < 1.29 is 9.18 Å². The van der Waals surface area contributed by atoms with Crippen molar-refractivity contribution in [2.75, 3.05) is 26.2 Å². The van der Waals surface area contributed by atoms with Crippen LogP contribution in [0.4, 0.5) is 4.39 Å². The van der Waals surface area contributed by atoms with E-state index >= 15 is 0 Å². The lowest BCUT2D eigenvalue weighted by molar-refractivity contribution is -0.119. The van der Waals surface area contributed by atoms with Crippen molar-refractivity contribution in [2.24, 2.45) is 13.0 Å². The number of carbonyl (C=O) groups excluding carboxylic acids is 1. The van der Waals surface area contributed by atoms with Crippen molar-refractivity contribution in [3.8, 4) is 0 Å². The highest BCUT2D eigenvalue weighted by Gasteiger charge is 2.34. The molecule has 1 fully saturated rings. The number of hydrogen-bond donors (Lipinski definition) is 1. The second kappa shape index (κ2) is 8.45. The summed E-state index contributed by atoms with van der Waals surface area (Å²) in [5.74, 6) is 0.584. The van der Waals surface area contributed by atoms with E-state index in [-0.39, 0.29) is 11.7 Å².